The van der Waals surface area contributed by atoms with Crippen molar-refractivity contribution in [1.29, 1.82) is 0 Å². The summed E-state index contributed by atoms with van der Waals surface area (Å²) < 4.78 is 6.10. The number of aromatic nitrogens is 2. The van der Waals surface area contributed by atoms with Gasteiger partial charge in [-0.2, -0.15) is 0 Å². The highest BCUT2D eigenvalue weighted by atomic mass is 35.5. The maximum Gasteiger partial charge on any atom is 0.128 e. The molecule has 7 rings (SSSR count). The summed E-state index contributed by atoms with van der Waals surface area (Å²) in [4.78, 5) is 8.67. The Morgan fingerprint density at radius 2 is 1.96 bits per heavy atom. The first-order chi connectivity index (χ1) is 13.7. The third-order valence-corrected chi connectivity index (χ3v) is 7.08. The van der Waals surface area contributed by atoms with Gasteiger partial charge in [0.05, 0.1) is 11.7 Å². The third kappa shape index (κ3) is 2.19. The zero-order valence-electron chi connectivity index (χ0n) is 15.4. The number of piperidine rings is 1. The average molecular weight is 390 g/mol. The number of aromatic amines is 1. The predicted molar refractivity (Wildman–Crippen MR) is 109 cm³/mol. The summed E-state index contributed by atoms with van der Waals surface area (Å²) in [5, 5.41) is 4.47. The molecule has 2 aliphatic heterocycles. The van der Waals surface area contributed by atoms with E-state index in [1.54, 1.807) is 0 Å². The van der Waals surface area contributed by atoms with Gasteiger partial charge in [-0.1, -0.05) is 17.7 Å². The lowest BCUT2D eigenvalue weighted by atomic mass is 9.87. The van der Waals surface area contributed by atoms with Crippen LogP contribution in [0.3, 0.4) is 0 Å². The van der Waals surface area contributed by atoms with E-state index in [1.165, 1.54) is 40.8 Å². The van der Waals surface area contributed by atoms with Gasteiger partial charge in [0.25, 0.3) is 0 Å². The van der Waals surface area contributed by atoms with Crippen molar-refractivity contribution < 1.29 is 4.74 Å². The second-order valence-corrected chi connectivity index (χ2v) is 9.04. The number of aryl methyl sites for hydroxylation is 2. The van der Waals surface area contributed by atoms with Gasteiger partial charge < -0.3 is 15.0 Å². The zero-order chi connectivity index (χ0) is 18.4. The van der Waals surface area contributed by atoms with E-state index in [0.717, 1.165) is 52.7 Å². The largest absolute Gasteiger partial charge is 0.488 e. The molecule has 0 spiro atoms. The van der Waals surface area contributed by atoms with E-state index in [4.69, 9.17) is 21.3 Å². The molecule has 1 saturated heterocycles. The van der Waals surface area contributed by atoms with Gasteiger partial charge in [-0.25, -0.2) is 4.98 Å². The van der Waals surface area contributed by atoms with Crippen molar-refractivity contribution >= 4 is 11.6 Å². The molecule has 0 amide bonds. The Bertz CT molecular complexity index is 1140. The molecule has 3 unspecified atom stereocenters. The van der Waals surface area contributed by atoms with E-state index in [9.17, 15) is 0 Å². The molecule has 1 aromatic heterocycles. The molecule has 2 aliphatic carbocycles. The Kier molecular flexibility index (Phi) is 3.01. The summed E-state index contributed by atoms with van der Waals surface area (Å²) in [6.07, 6.45) is 4.61. The summed E-state index contributed by atoms with van der Waals surface area (Å²) >= 11 is 6.17. The van der Waals surface area contributed by atoms with E-state index < -0.39 is 0 Å². The molecule has 2 aromatic carbocycles. The summed E-state index contributed by atoms with van der Waals surface area (Å²) in [5.41, 5.74) is 8.54. The number of ether oxygens (including phenoxy) is 1. The van der Waals surface area contributed by atoms with Crippen LogP contribution >= 0.6 is 11.6 Å². The Hall–Kier alpha value is -2.30. The second kappa shape index (κ2) is 5.40. The van der Waals surface area contributed by atoms with E-state index in [2.05, 4.69) is 28.5 Å². The number of nitrogens with zero attached hydrogens (tertiary/aromatic N) is 1. The Labute approximate surface area is 168 Å². The molecule has 2 fully saturated rings. The van der Waals surface area contributed by atoms with Crippen molar-refractivity contribution in [2.45, 2.75) is 44.4 Å². The summed E-state index contributed by atoms with van der Waals surface area (Å²) in [6.45, 7) is 0.565. The minimum atomic E-state index is 0.392. The summed E-state index contributed by atoms with van der Waals surface area (Å²) in [7, 11) is 0. The third-order valence-electron chi connectivity index (χ3n) is 6.85. The Morgan fingerprint density at radius 3 is 2.86 bits per heavy atom. The quantitative estimate of drug-likeness (QED) is 0.627. The standard InChI is InChI=1S/C23H20ClN3O/c24-14-2-3-15-13(5-14)10-28-21-9-16-11(6-17(15)21)1-4-18-22(16)27-23(26-18)20-8-12-7-19(12)25-20/h2-3,5-6,9,12,19-20,25H,1,4,7-8,10H2,(H,26,27). The van der Waals surface area contributed by atoms with Crippen LogP contribution < -0.4 is 10.1 Å². The van der Waals surface area contributed by atoms with Crippen molar-refractivity contribution in [3.8, 4) is 28.1 Å². The number of nitrogens with one attached hydrogen (secondary N) is 2. The van der Waals surface area contributed by atoms with Crippen LogP contribution in [0.15, 0.2) is 30.3 Å². The van der Waals surface area contributed by atoms with Gasteiger partial charge in [0, 0.05) is 27.9 Å². The lowest BCUT2D eigenvalue weighted by Crippen LogP contribution is -2.18. The van der Waals surface area contributed by atoms with Crippen molar-refractivity contribution in [1.82, 2.24) is 15.3 Å². The fourth-order valence-electron chi connectivity index (χ4n) is 5.27. The van der Waals surface area contributed by atoms with Crippen LogP contribution in [0.1, 0.15) is 41.5 Å². The van der Waals surface area contributed by atoms with Gasteiger partial charge in [-0.3, -0.25) is 0 Å². The highest BCUT2D eigenvalue weighted by Crippen LogP contribution is 2.47. The Balaban J connectivity index is 1.32. The fourth-order valence-corrected chi connectivity index (χ4v) is 5.47. The van der Waals surface area contributed by atoms with Crippen LogP contribution in [0.2, 0.25) is 5.02 Å². The lowest BCUT2D eigenvalue weighted by Gasteiger charge is -2.24. The first-order valence-corrected chi connectivity index (χ1v) is 10.5. The number of rotatable bonds is 1. The molecule has 0 bridgehead atoms. The molecule has 3 atom stereocenters. The maximum absolute atomic E-state index is 6.17. The van der Waals surface area contributed by atoms with E-state index in [-0.39, 0.29) is 0 Å². The molecule has 4 nitrogen and oxygen atoms in total. The van der Waals surface area contributed by atoms with Crippen LogP contribution in [0.25, 0.3) is 22.4 Å². The first kappa shape index (κ1) is 15.6. The molecule has 1 saturated carbocycles. The normalized spacial score (nSPS) is 25.8. The topological polar surface area (TPSA) is 49.9 Å². The monoisotopic (exact) mass is 389 g/mol. The van der Waals surface area contributed by atoms with Gasteiger partial charge in [0.1, 0.15) is 18.2 Å². The first-order valence-electron chi connectivity index (χ1n) is 10.2. The highest BCUT2D eigenvalue weighted by Gasteiger charge is 2.47. The molecular weight excluding hydrogens is 370 g/mol. The minimum Gasteiger partial charge on any atom is -0.488 e. The predicted octanol–water partition coefficient (Wildman–Crippen LogP) is 4.81. The van der Waals surface area contributed by atoms with Crippen molar-refractivity contribution in [2.24, 2.45) is 5.92 Å². The molecule has 4 aliphatic rings. The summed E-state index contributed by atoms with van der Waals surface area (Å²) in [6, 6.07) is 11.7. The molecule has 3 heterocycles. The van der Waals surface area contributed by atoms with Crippen LogP contribution in [0.4, 0.5) is 0 Å². The zero-order valence-corrected chi connectivity index (χ0v) is 16.1. The van der Waals surface area contributed by atoms with Crippen LogP contribution in [-0.4, -0.2) is 16.0 Å². The number of imidazole rings is 1. The molecular formula is C23H20ClN3O. The van der Waals surface area contributed by atoms with E-state index >= 15 is 0 Å². The van der Waals surface area contributed by atoms with Gasteiger partial charge >= 0.3 is 0 Å². The molecule has 0 radical (unpaired) electrons. The Morgan fingerprint density at radius 1 is 1.00 bits per heavy atom. The van der Waals surface area contributed by atoms with Crippen LogP contribution in [0.5, 0.6) is 5.75 Å². The van der Waals surface area contributed by atoms with Crippen molar-refractivity contribution in [3.63, 3.8) is 0 Å². The van der Waals surface area contributed by atoms with Gasteiger partial charge in [-0.15, -0.1) is 0 Å². The maximum atomic E-state index is 6.17. The lowest BCUT2D eigenvalue weighted by molar-refractivity contribution is 0.302. The number of H-pyrrole nitrogens is 1. The van der Waals surface area contributed by atoms with Gasteiger partial charge in [0.15, 0.2) is 0 Å². The SMILES string of the molecule is Clc1ccc2c(c1)COc1cc3c(cc1-2)CCc1[nH]c(C2CC4CC4N2)nc1-3. The molecule has 28 heavy (non-hydrogen) atoms. The van der Waals surface area contributed by atoms with Crippen molar-refractivity contribution in [2.75, 3.05) is 0 Å². The summed E-state index contributed by atoms with van der Waals surface area (Å²) in [5.74, 6) is 2.93. The van der Waals surface area contributed by atoms with E-state index in [0.29, 0.717) is 12.6 Å². The van der Waals surface area contributed by atoms with Gasteiger partial charge in [-0.05, 0) is 72.6 Å². The van der Waals surface area contributed by atoms with E-state index in [1.807, 2.05) is 12.1 Å². The number of benzene rings is 2. The minimum absolute atomic E-state index is 0.392. The number of hydrogen-bond donors (Lipinski definition) is 2. The molecule has 3 aromatic rings. The van der Waals surface area contributed by atoms with Crippen LogP contribution in [-0.2, 0) is 19.4 Å². The van der Waals surface area contributed by atoms with Crippen LogP contribution in [0, 0.1) is 5.92 Å². The average Bonchev–Trinajstić information content (AvgIpc) is 3.13. The molecule has 5 heteroatoms. The second-order valence-electron chi connectivity index (χ2n) is 8.60. The smallest absolute Gasteiger partial charge is 0.128 e. The number of hydrogen-bond acceptors (Lipinski definition) is 3. The van der Waals surface area contributed by atoms with Crippen molar-refractivity contribution in [3.05, 3.63) is 58.0 Å². The number of fused-ring (bicyclic) bond motifs is 7. The fraction of sp³-hybridized carbons (Fsp3) is 0.348. The molecule has 140 valence electrons. The highest BCUT2D eigenvalue weighted by molar-refractivity contribution is 6.30. The number of halogens is 1. The van der Waals surface area contributed by atoms with Gasteiger partial charge in [0.2, 0.25) is 0 Å². The molecule has 2 N–H and O–H groups in total.